The zero-order chi connectivity index (χ0) is 18.8. The molecule has 0 aliphatic carbocycles. The van der Waals surface area contributed by atoms with Crippen molar-refractivity contribution in [3.63, 3.8) is 0 Å². The van der Waals surface area contributed by atoms with Crippen molar-refractivity contribution < 1.29 is 33.3 Å². The molecule has 0 spiro atoms. The smallest absolute Gasteiger partial charge is 0.338 e. The molecule has 2 aromatic carbocycles. The molecule has 0 radical (unpaired) electrons. The number of esters is 1. The van der Waals surface area contributed by atoms with Crippen molar-refractivity contribution in [3.8, 4) is 23.0 Å². The minimum absolute atomic E-state index is 0.0379. The summed E-state index contributed by atoms with van der Waals surface area (Å²) < 4.78 is 26.6. The van der Waals surface area contributed by atoms with Gasteiger partial charge in [0.05, 0.1) is 23.8 Å². The summed E-state index contributed by atoms with van der Waals surface area (Å²) in [6.07, 6.45) is 0.771. The second-order valence-electron chi connectivity index (χ2n) is 5.90. The summed E-state index contributed by atoms with van der Waals surface area (Å²) in [7, 11) is 0. The molecule has 140 valence electrons. The quantitative estimate of drug-likeness (QED) is 0.585. The summed E-state index contributed by atoms with van der Waals surface area (Å²) in [6.45, 7) is 0.710. The molecule has 0 bridgehead atoms. The Kier molecular flexibility index (Phi) is 4.77. The Balaban J connectivity index is 1.43. The van der Waals surface area contributed by atoms with Crippen LogP contribution >= 0.6 is 11.6 Å². The molecule has 7 nitrogen and oxygen atoms in total. The number of ketones is 1. The Morgan fingerprint density at radius 2 is 1.70 bits per heavy atom. The van der Waals surface area contributed by atoms with Gasteiger partial charge in [-0.15, -0.1) is 0 Å². The third-order valence-corrected chi connectivity index (χ3v) is 4.35. The van der Waals surface area contributed by atoms with E-state index in [9.17, 15) is 9.59 Å². The van der Waals surface area contributed by atoms with Crippen molar-refractivity contribution in [3.05, 3.63) is 46.5 Å². The van der Waals surface area contributed by atoms with Crippen LogP contribution in [0.15, 0.2) is 30.3 Å². The van der Waals surface area contributed by atoms with Gasteiger partial charge in [0.15, 0.2) is 35.4 Å². The van der Waals surface area contributed by atoms with Gasteiger partial charge in [-0.05, 0) is 30.3 Å². The molecular formula is C19H15ClO7. The fourth-order valence-corrected chi connectivity index (χ4v) is 2.98. The molecule has 27 heavy (non-hydrogen) atoms. The molecular weight excluding hydrogens is 376 g/mol. The highest BCUT2D eigenvalue weighted by Gasteiger charge is 2.22. The molecule has 2 aliphatic heterocycles. The monoisotopic (exact) mass is 390 g/mol. The van der Waals surface area contributed by atoms with Crippen LogP contribution in [0, 0.1) is 0 Å². The minimum atomic E-state index is -0.683. The van der Waals surface area contributed by atoms with Crippen molar-refractivity contribution in [1.29, 1.82) is 0 Å². The summed E-state index contributed by atoms with van der Waals surface area (Å²) in [5.41, 5.74) is 0.548. The van der Waals surface area contributed by atoms with E-state index in [0.29, 0.717) is 41.8 Å². The molecule has 2 heterocycles. The molecule has 2 aliphatic rings. The molecule has 0 saturated carbocycles. The van der Waals surface area contributed by atoms with Gasteiger partial charge in [0, 0.05) is 12.0 Å². The van der Waals surface area contributed by atoms with Gasteiger partial charge in [0.1, 0.15) is 0 Å². The SMILES string of the molecule is O=C(COC(=O)c1cc(Cl)c2c(c1)OCO2)c1ccc2c(c1)OCCCO2. The second kappa shape index (κ2) is 7.36. The van der Waals surface area contributed by atoms with E-state index >= 15 is 0 Å². The normalized spacial score (nSPS) is 14.4. The first-order chi connectivity index (χ1) is 13.1. The molecule has 0 fully saturated rings. The lowest BCUT2D eigenvalue weighted by atomic mass is 10.1. The van der Waals surface area contributed by atoms with E-state index in [1.165, 1.54) is 12.1 Å². The number of rotatable bonds is 4. The van der Waals surface area contributed by atoms with Crippen LogP contribution in [-0.2, 0) is 4.74 Å². The standard InChI is InChI=1S/C19H15ClO7/c20-13-6-12(8-17-18(13)27-10-26-17)19(22)25-9-14(21)11-2-3-15-16(7-11)24-5-1-4-23-15/h2-3,6-8H,1,4-5,9-10H2. The number of Topliss-reactive ketones (excluding diaryl/α,β-unsaturated/α-hetero) is 1. The maximum atomic E-state index is 12.4. The molecule has 4 rings (SSSR count). The van der Waals surface area contributed by atoms with E-state index in [4.69, 9.17) is 35.3 Å². The number of halogens is 1. The van der Waals surface area contributed by atoms with Gasteiger partial charge in [-0.1, -0.05) is 11.6 Å². The topological polar surface area (TPSA) is 80.3 Å². The Bertz CT molecular complexity index is 909. The second-order valence-corrected chi connectivity index (χ2v) is 6.31. The highest BCUT2D eigenvalue weighted by atomic mass is 35.5. The summed E-state index contributed by atoms with van der Waals surface area (Å²) >= 11 is 6.05. The van der Waals surface area contributed by atoms with Crippen LogP contribution in [-0.4, -0.2) is 38.4 Å². The van der Waals surface area contributed by atoms with Crippen molar-refractivity contribution in [2.75, 3.05) is 26.6 Å². The highest BCUT2D eigenvalue weighted by Crippen LogP contribution is 2.40. The molecule has 0 N–H and O–H groups in total. The van der Waals surface area contributed by atoms with Crippen LogP contribution in [0.5, 0.6) is 23.0 Å². The first-order valence-electron chi connectivity index (χ1n) is 8.31. The number of hydrogen-bond acceptors (Lipinski definition) is 7. The van der Waals surface area contributed by atoms with Crippen LogP contribution in [0.4, 0.5) is 0 Å². The minimum Gasteiger partial charge on any atom is -0.490 e. The summed E-state index contributed by atoms with van der Waals surface area (Å²) in [5.74, 6) is 0.812. The van der Waals surface area contributed by atoms with Crippen LogP contribution < -0.4 is 18.9 Å². The van der Waals surface area contributed by atoms with Gasteiger partial charge in [0.25, 0.3) is 0 Å². The number of ether oxygens (including phenoxy) is 5. The Morgan fingerprint density at radius 3 is 2.56 bits per heavy atom. The zero-order valence-electron chi connectivity index (χ0n) is 14.2. The van der Waals surface area contributed by atoms with E-state index in [1.807, 2.05) is 0 Å². The van der Waals surface area contributed by atoms with Gasteiger partial charge in [0.2, 0.25) is 6.79 Å². The van der Waals surface area contributed by atoms with E-state index < -0.39 is 12.6 Å². The van der Waals surface area contributed by atoms with E-state index in [-0.39, 0.29) is 23.2 Å². The lowest BCUT2D eigenvalue weighted by Gasteiger charge is -2.09. The van der Waals surface area contributed by atoms with Crippen LogP contribution in [0.3, 0.4) is 0 Å². The molecule has 0 aromatic heterocycles. The van der Waals surface area contributed by atoms with Crippen LogP contribution in [0.25, 0.3) is 0 Å². The van der Waals surface area contributed by atoms with Crippen LogP contribution in [0.2, 0.25) is 5.02 Å². The van der Waals surface area contributed by atoms with Crippen molar-refractivity contribution in [1.82, 2.24) is 0 Å². The molecule has 0 unspecified atom stereocenters. The maximum absolute atomic E-state index is 12.4. The van der Waals surface area contributed by atoms with E-state index in [0.717, 1.165) is 6.42 Å². The molecule has 8 heteroatoms. The largest absolute Gasteiger partial charge is 0.490 e. The summed E-state index contributed by atoms with van der Waals surface area (Å²) in [5, 5.41) is 0.242. The summed E-state index contributed by atoms with van der Waals surface area (Å²) in [4.78, 5) is 24.6. The molecule has 0 saturated heterocycles. The Labute approximate surface area is 159 Å². The predicted molar refractivity (Wildman–Crippen MR) is 94.2 cm³/mol. The predicted octanol–water partition coefficient (Wildman–Crippen LogP) is 3.27. The molecule has 0 amide bonds. The van der Waals surface area contributed by atoms with E-state index in [2.05, 4.69) is 0 Å². The number of fused-ring (bicyclic) bond motifs is 2. The fraction of sp³-hybridized carbons (Fsp3) is 0.263. The number of carbonyl (C=O) groups is 2. The van der Waals surface area contributed by atoms with Crippen LogP contribution in [0.1, 0.15) is 27.1 Å². The summed E-state index contributed by atoms with van der Waals surface area (Å²) in [6, 6.07) is 7.76. The average Bonchev–Trinajstić information content (AvgIpc) is 3.03. The fourth-order valence-electron chi connectivity index (χ4n) is 2.72. The molecule has 2 aromatic rings. The highest BCUT2D eigenvalue weighted by molar-refractivity contribution is 6.32. The Morgan fingerprint density at radius 1 is 0.926 bits per heavy atom. The third-order valence-electron chi connectivity index (χ3n) is 4.07. The van der Waals surface area contributed by atoms with E-state index in [1.54, 1.807) is 18.2 Å². The first kappa shape index (κ1) is 17.5. The van der Waals surface area contributed by atoms with Gasteiger partial charge in [-0.2, -0.15) is 0 Å². The molecule has 0 atom stereocenters. The lowest BCUT2D eigenvalue weighted by molar-refractivity contribution is 0.0474. The van der Waals surface area contributed by atoms with Gasteiger partial charge in [-0.25, -0.2) is 4.79 Å². The third kappa shape index (κ3) is 3.64. The van der Waals surface area contributed by atoms with Crippen molar-refractivity contribution in [2.45, 2.75) is 6.42 Å². The van der Waals surface area contributed by atoms with Crippen molar-refractivity contribution in [2.24, 2.45) is 0 Å². The zero-order valence-corrected chi connectivity index (χ0v) is 14.9. The number of hydrogen-bond donors (Lipinski definition) is 0. The van der Waals surface area contributed by atoms with Crippen molar-refractivity contribution >= 4 is 23.4 Å². The average molecular weight is 391 g/mol. The van der Waals surface area contributed by atoms with Gasteiger partial charge < -0.3 is 23.7 Å². The maximum Gasteiger partial charge on any atom is 0.338 e. The Hall–Kier alpha value is -2.93. The number of benzene rings is 2. The van der Waals surface area contributed by atoms with Gasteiger partial charge >= 0.3 is 5.97 Å². The first-order valence-corrected chi connectivity index (χ1v) is 8.69. The van der Waals surface area contributed by atoms with Gasteiger partial charge in [-0.3, -0.25) is 4.79 Å². The number of carbonyl (C=O) groups excluding carboxylic acids is 2. The lowest BCUT2D eigenvalue weighted by Crippen LogP contribution is -2.14.